The number of esters is 2. The molecule has 5 nitrogen and oxygen atoms in total. The molecule has 0 aliphatic carbocycles. The van der Waals surface area contributed by atoms with Gasteiger partial charge in [-0.05, 0) is 18.8 Å². The van der Waals surface area contributed by atoms with Crippen LogP contribution in [0, 0.1) is 5.92 Å². The van der Waals surface area contributed by atoms with E-state index >= 15 is 0 Å². The Morgan fingerprint density at radius 2 is 0.800 bits per heavy atom. The highest BCUT2D eigenvalue weighted by molar-refractivity contribution is 5.69. The fraction of sp³-hybridized carbons (Fsp3) is 0.943. The smallest absolute Gasteiger partial charge is 0.305 e. The number of hydrogen-bond acceptors (Lipinski definition) is 5. The summed E-state index contributed by atoms with van der Waals surface area (Å²) >= 11 is 0. The van der Waals surface area contributed by atoms with Crippen molar-refractivity contribution in [1.29, 1.82) is 0 Å². The largest absolute Gasteiger partial charge is 0.463 e. The van der Waals surface area contributed by atoms with Crippen LogP contribution in [0.15, 0.2) is 0 Å². The molecule has 0 radical (unpaired) electrons. The van der Waals surface area contributed by atoms with Crippen molar-refractivity contribution >= 4 is 11.9 Å². The van der Waals surface area contributed by atoms with Gasteiger partial charge in [0, 0.05) is 12.8 Å². The fourth-order valence-corrected chi connectivity index (χ4v) is 5.09. The van der Waals surface area contributed by atoms with Crippen molar-refractivity contribution in [2.24, 2.45) is 5.92 Å². The van der Waals surface area contributed by atoms with Crippen molar-refractivity contribution in [1.82, 2.24) is 0 Å². The molecule has 238 valence electrons. The lowest BCUT2D eigenvalue weighted by Gasteiger charge is -2.12. The van der Waals surface area contributed by atoms with Crippen LogP contribution in [0.5, 0.6) is 0 Å². The summed E-state index contributed by atoms with van der Waals surface area (Å²) in [7, 11) is 0. The SMILES string of the molecule is CCCCCCCCCCCCCCCCCCCC(=O)OC[C@H](O)COC(=O)CCCCCCCCC(C)C. The molecule has 0 spiro atoms. The van der Waals surface area contributed by atoms with Gasteiger partial charge in [-0.2, -0.15) is 0 Å². The second kappa shape index (κ2) is 30.8. The molecule has 0 amide bonds. The minimum atomic E-state index is -0.954. The summed E-state index contributed by atoms with van der Waals surface area (Å²) in [5.41, 5.74) is 0. The van der Waals surface area contributed by atoms with Crippen molar-refractivity contribution in [3.05, 3.63) is 0 Å². The molecule has 0 aromatic heterocycles. The van der Waals surface area contributed by atoms with Gasteiger partial charge in [0.1, 0.15) is 19.3 Å². The van der Waals surface area contributed by atoms with Gasteiger partial charge < -0.3 is 14.6 Å². The Labute approximate surface area is 248 Å². The first-order valence-electron chi connectivity index (χ1n) is 17.4. The van der Waals surface area contributed by atoms with E-state index in [1.54, 1.807) is 0 Å². The van der Waals surface area contributed by atoms with Crippen LogP contribution in [0.3, 0.4) is 0 Å². The predicted molar refractivity (Wildman–Crippen MR) is 168 cm³/mol. The topological polar surface area (TPSA) is 72.8 Å². The average Bonchev–Trinajstić information content (AvgIpc) is 2.93. The van der Waals surface area contributed by atoms with Crippen LogP contribution in [-0.4, -0.2) is 36.4 Å². The Kier molecular flexibility index (Phi) is 30.0. The molecular formula is C35H68O5. The zero-order valence-corrected chi connectivity index (χ0v) is 27.0. The van der Waals surface area contributed by atoms with E-state index < -0.39 is 6.10 Å². The van der Waals surface area contributed by atoms with Crippen molar-refractivity contribution < 1.29 is 24.2 Å². The summed E-state index contributed by atoms with van der Waals surface area (Å²) in [4.78, 5) is 23.7. The van der Waals surface area contributed by atoms with Gasteiger partial charge in [-0.15, -0.1) is 0 Å². The number of rotatable bonds is 31. The lowest BCUT2D eigenvalue weighted by atomic mass is 10.0. The van der Waals surface area contributed by atoms with Gasteiger partial charge in [0.05, 0.1) is 0 Å². The molecule has 5 heteroatoms. The van der Waals surface area contributed by atoms with Crippen LogP contribution >= 0.6 is 0 Å². The van der Waals surface area contributed by atoms with Gasteiger partial charge in [0.25, 0.3) is 0 Å². The number of ether oxygens (including phenoxy) is 2. The molecular weight excluding hydrogens is 500 g/mol. The van der Waals surface area contributed by atoms with E-state index in [0.29, 0.717) is 12.8 Å². The number of aliphatic hydroxyl groups is 1. The minimum absolute atomic E-state index is 0.110. The molecule has 1 atom stereocenters. The monoisotopic (exact) mass is 569 g/mol. The zero-order chi connectivity index (χ0) is 29.5. The quantitative estimate of drug-likeness (QED) is 0.0665. The third-order valence-electron chi connectivity index (χ3n) is 7.77. The summed E-state index contributed by atoms with van der Waals surface area (Å²) in [6.07, 6.45) is 30.2. The van der Waals surface area contributed by atoms with Crippen molar-refractivity contribution in [3.63, 3.8) is 0 Å². The van der Waals surface area contributed by atoms with Crippen LogP contribution in [0.4, 0.5) is 0 Å². The molecule has 0 aromatic carbocycles. The molecule has 0 aromatic rings. The predicted octanol–water partition coefficient (Wildman–Crippen LogP) is 10.3. The number of aliphatic hydroxyl groups excluding tert-OH is 1. The lowest BCUT2D eigenvalue weighted by Crippen LogP contribution is -2.25. The van der Waals surface area contributed by atoms with Gasteiger partial charge in [-0.25, -0.2) is 0 Å². The van der Waals surface area contributed by atoms with Crippen LogP contribution in [0.25, 0.3) is 0 Å². The first-order valence-corrected chi connectivity index (χ1v) is 17.4. The highest BCUT2D eigenvalue weighted by Crippen LogP contribution is 2.15. The van der Waals surface area contributed by atoms with E-state index in [1.165, 1.54) is 122 Å². The van der Waals surface area contributed by atoms with Gasteiger partial charge in [-0.1, -0.05) is 162 Å². The summed E-state index contributed by atoms with van der Waals surface area (Å²) in [5.74, 6) is 0.218. The summed E-state index contributed by atoms with van der Waals surface area (Å²) in [5, 5.41) is 9.94. The van der Waals surface area contributed by atoms with Gasteiger partial charge in [0.2, 0.25) is 0 Å². The molecule has 0 heterocycles. The molecule has 0 fully saturated rings. The first-order chi connectivity index (χ1) is 19.5. The minimum Gasteiger partial charge on any atom is -0.463 e. The van der Waals surface area contributed by atoms with Crippen LogP contribution < -0.4 is 0 Å². The molecule has 0 unspecified atom stereocenters. The summed E-state index contributed by atoms with van der Waals surface area (Å²) in [6, 6.07) is 0. The van der Waals surface area contributed by atoms with E-state index in [9.17, 15) is 14.7 Å². The van der Waals surface area contributed by atoms with Crippen LogP contribution in [-0.2, 0) is 19.1 Å². The highest BCUT2D eigenvalue weighted by Gasteiger charge is 2.12. The number of carbonyl (C=O) groups excluding carboxylic acids is 2. The van der Waals surface area contributed by atoms with Gasteiger partial charge in [-0.3, -0.25) is 9.59 Å². The third-order valence-corrected chi connectivity index (χ3v) is 7.77. The van der Waals surface area contributed by atoms with E-state index in [4.69, 9.17) is 9.47 Å². The molecule has 0 aliphatic rings. The number of unbranched alkanes of at least 4 members (excludes halogenated alkanes) is 21. The van der Waals surface area contributed by atoms with E-state index in [-0.39, 0.29) is 25.2 Å². The molecule has 1 N–H and O–H groups in total. The van der Waals surface area contributed by atoms with Crippen LogP contribution in [0.2, 0.25) is 0 Å². The number of carbonyl (C=O) groups is 2. The molecule has 0 saturated carbocycles. The maximum Gasteiger partial charge on any atom is 0.305 e. The first kappa shape index (κ1) is 38.9. The standard InChI is InChI=1S/C35H68O5/c1-4-5-6-7-8-9-10-11-12-13-14-15-16-17-18-22-25-28-34(37)39-30-33(36)31-40-35(38)29-26-23-20-19-21-24-27-32(2)3/h32-33,36H,4-31H2,1-3H3/t33-/m0/s1. The second-order valence-electron chi connectivity index (χ2n) is 12.5. The van der Waals surface area contributed by atoms with Crippen LogP contribution in [0.1, 0.15) is 188 Å². The third kappa shape index (κ3) is 31.4. The molecule has 0 aliphatic heterocycles. The maximum atomic E-state index is 11.9. The van der Waals surface area contributed by atoms with Crippen molar-refractivity contribution in [2.45, 2.75) is 194 Å². The Bertz CT molecular complexity index is 548. The number of hydrogen-bond donors (Lipinski definition) is 1. The highest BCUT2D eigenvalue weighted by atomic mass is 16.6. The lowest BCUT2D eigenvalue weighted by molar-refractivity contribution is -0.152. The summed E-state index contributed by atoms with van der Waals surface area (Å²) in [6.45, 7) is 6.57. The Morgan fingerprint density at radius 3 is 1.12 bits per heavy atom. The van der Waals surface area contributed by atoms with E-state index in [0.717, 1.165) is 38.0 Å². The normalized spacial score (nSPS) is 12.1. The van der Waals surface area contributed by atoms with Gasteiger partial charge >= 0.3 is 11.9 Å². The average molecular weight is 569 g/mol. The summed E-state index contributed by atoms with van der Waals surface area (Å²) < 4.78 is 10.3. The second-order valence-corrected chi connectivity index (χ2v) is 12.5. The molecule has 0 bridgehead atoms. The fourth-order valence-electron chi connectivity index (χ4n) is 5.09. The Balaban J connectivity index is 3.38. The molecule has 0 rings (SSSR count). The van der Waals surface area contributed by atoms with Crippen molar-refractivity contribution in [2.75, 3.05) is 13.2 Å². The zero-order valence-electron chi connectivity index (χ0n) is 27.0. The van der Waals surface area contributed by atoms with Crippen molar-refractivity contribution in [3.8, 4) is 0 Å². The van der Waals surface area contributed by atoms with E-state index in [1.807, 2.05) is 0 Å². The van der Waals surface area contributed by atoms with Gasteiger partial charge in [0.15, 0.2) is 0 Å². The molecule has 40 heavy (non-hydrogen) atoms. The Hall–Kier alpha value is -1.10. The van der Waals surface area contributed by atoms with E-state index in [2.05, 4.69) is 20.8 Å². The molecule has 0 saturated heterocycles. The maximum absolute atomic E-state index is 11.9. The Morgan fingerprint density at radius 1 is 0.500 bits per heavy atom.